The SMILES string of the molecule is CCN(CC(C)C#N)c1ccc(C=O)cc1Cl. The molecule has 1 unspecified atom stereocenters. The first-order valence-corrected chi connectivity index (χ1v) is 5.89. The van der Waals surface area contributed by atoms with Crippen LogP contribution in [0, 0.1) is 17.2 Å². The molecule has 90 valence electrons. The van der Waals surface area contributed by atoms with Gasteiger partial charge in [-0.15, -0.1) is 0 Å². The van der Waals surface area contributed by atoms with E-state index in [0.717, 1.165) is 18.5 Å². The monoisotopic (exact) mass is 250 g/mol. The van der Waals surface area contributed by atoms with E-state index >= 15 is 0 Å². The predicted octanol–water partition coefficient (Wildman–Crippen LogP) is 3.14. The van der Waals surface area contributed by atoms with Gasteiger partial charge in [0.25, 0.3) is 0 Å². The summed E-state index contributed by atoms with van der Waals surface area (Å²) >= 11 is 6.12. The summed E-state index contributed by atoms with van der Waals surface area (Å²) in [6, 6.07) is 7.39. The van der Waals surface area contributed by atoms with E-state index in [9.17, 15) is 4.79 Å². The van der Waals surface area contributed by atoms with Crippen LogP contribution < -0.4 is 4.90 Å². The van der Waals surface area contributed by atoms with Gasteiger partial charge in [-0.3, -0.25) is 4.79 Å². The number of halogens is 1. The van der Waals surface area contributed by atoms with Crippen molar-refractivity contribution in [2.75, 3.05) is 18.0 Å². The van der Waals surface area contributed by atoms with Crippen LogP contribution in [0.3, 0.4) is 0 Å². The normalized spacial score (nSPS) is 11.6. The number of aldehydes is 1. The van der Waals surface area contributed by atoms with Crippen molar-refractivity contribution >= 4 is 23.6 Å². The minimum Gasteiger partial charge on any atom is -0.369 e. The van der Waals surface area contributed by atoms with E-state index < -0.39 is 0 Å². The summed E-state index contributed by atoms with van der Waals surface area (Å²) in [5.41, 5.74) is 1.42. The van der Waals surface area contributed by atoms with Gasteiger partial charge in [0.1, 0.15) is 6.29 Å². The number of nitrogens with zero attached hydrogens (tertiary/aromatic N) is 2. The van der Waals surface area contributed by atoms with E-state index in [4.69, 9.17) is 16.9 Å². The average molecular weight is 251 g/mol. The maximum atomic E-state index is 10.6. The number of benzene rings is 1. The molecule has 3 nitrogen and oxygen atoms in total. The Hall–Kier alpha value is -1.53. The molecule has 0 amide bonds. The molecule has 17 heavy (non-hydrogen) atoms. The van der Waals surface area contributed by atoms with Crippen molar-refractivity contribution in [2.45, 2.75) is 13.8 Å². The Balaban J connectivity index is 2.96. The zero-order valence-corrected chi connectivity index (χ0v) is 10.7. The smallest absolute Gasteiger partial charge is 0.150 e. The Labute approximate surface area is 107 Å². The molecule has 1 rings (SSSR count). The lowest BCUT2D eigenvalue weighted by molar-refractivity contribution is 0.112. The predicted molar refractivity (Wildman–Crippen MR) is 69.5 cm³/mol. The maximum absolute atomic E-state index is 10.6. The van der Waals surface area contributed by atoms with Gasteiger partial charge in [-0.05, 0) is 32.0 Å². The summed E-state index contributed by atoms with van der Waals surface area (Å²) in [5.74, 6) is -0.0586. The highest BCUT2D eigenvalue weighted by molar-refractivity contribution is 6.33. The number of hydrogen-bond donors (Lipinski definition) is 0. The van der Waals surface area contributed by atoms with E-state index in [2.05, 4.69) is 6.07 Å². The summed E-state index contributed by atoms with van der Waals surface area (Å²) in [5, 5.41) is 9.36. The van der Waals surface area contributed by atoms with Crippen LogP contribution in [0.5, 0.6) is 0 Å². The van der Waals surface area contributed by atoms with Crippen LogP contribution in [-0.4, -0.2) is 19.4 Å². The summed E-state index contributed by atoms with van der Waals surface area (Å²) in [6.07, 6.45) is 0.768. The lowest BCUT2D eigenvalue weighted by atomic mass is 10.1. The van der Waals surface area contributed by atoms with Gasteiger partial charge < -0.3 is 4.90 Å². The van der Waals surface area contributed by atoms with E-state index in [1.54, 1.807) is 12.1 Å². The van der Waals surface area contributed by atoms with Gasteiger partial charge in [-0.2, -0.15) is 5.26 Å². The summed E-state index contributed by atoms with van der Waals surface area (Å²) in [4.78, 5) is 12.7. The van der Waals surface area contributed by atoms with E-state index in [0.29, 0.717) is 17.1 Å². The molecule has 4 heteroatoms. The fourth-order valence-electron chi connectivity index (χ4n) is 1.62. The highest BCUT2D eigenvalue weighted by atomic mass is 35.5. The second-order valence-electron chi connectivity index (χ2n) is 3.90. The van der Waals surface area contributed by atoms with Crippen LogP contribution in [0.1, 0.15) is 24.2 Å². The molecule has 1 aromatic rings. The standard InChI is InChI=1S/C13H15ClN2O/c1-3-16(8-10(2)7-15)13-5-4-11(9-17)6-12(13)14/h4-6,9-10H,3,8H2,1-2H3. The Morgan fingerprint density at radius 2 is 2.29 bits per heavy atom. The van der Waals surface area contributed by atoms with Gasteiger partial charge in [0.15, 0.2) is 0 Å². The molecule has 0 saturated heterocycles. The van der Waals surface area contributed by atoms with Crippen molar-refractivity contribution in [3.8, 4) is 6.07 Å². The zero-order chi connectivity index (χ0) is 12.8. The maximum Gasteiger partial charge on any atom is 0.150 e. The molecule has 0 aliphatic carbocycles. The fourth-order valence-corrected chi connectivity index (χ4v) is 1.93. The first kappa shape index (κ1) is 13.5. The van der Waals surface area contributed by atoms with Gasteiger partial charge in [0.05, 0.1) is 22.7 Å². The van der Waals surface area contributed by atoms with Crippen molar-refractivity contribution in [1.29, 1.82) is 5.26 Å². The Kier molecular flexibility index (Phi) is 4.99. The molecular formula is C13H15ClN2O. The van der Waals surface area contributed by atoms with Gasteiger partial charge in [-0.25, -0.2) is 0 Å². The van der Waals surface area contributed by atoms with Crippen LogP contribution in [-0.2, 0) is 0 Å². The third-order valence-corrected chi connectivity index (χ3v) is 2.85. The molecule has 0 aromatic heterocycles. The van der Waals surface area contributed by atoms with E-state index in [1.807, 2.05) is 24.8 Å². The number of nitriles is 1. The summed E-state index contributed by atoms with van der Waals surface area (Å²) in [6.45, 7) is 5.28. The Bertz CT molecular complexity index is 440. The second kappa shape index (κ2) is 6.27. The summed E-state index contributed by atoms with van der Waals surface area (Å²) in [7, 11) is 0. The molecule has 0 spiro atoms. The average Bonchev–Trinajstić information content (AvgIpc) is 2.35. The van der Waals surface area contributed by atoms with Gasteiger partial charge in [-0.1, -0.05) is 11.6 Å². The number of rotatable bonds is 5. The lowest BCUT2D eigenvalue weighted by Gasteiger charge is -2.25. The van der Waals surface area contributed by atoms with Crippen molar-refractivity contribution in [3.05, 3.63) is 28.8 Å². The summed E-state index contributed by atoms with van der Waals surface area (Å²) < 4.78 is 0. The molecule has 0 bridgehead atoms. The van der Waals surface area contributed by atoms with Crippen LogP contribution in [0.15, 0.2) is 18.2 Å². The largest absolute Gasteiger partial charge is 0.369 e. The Morgan fingerprint density at radius 3 is 2.76 bits per heavy atom. The molecule has 0 fully saturated rings. The fraction of sp³-hybridized carbons (Fsp3) is 0.385. The topological polar surface area (TPSA) is 44.1 Å². The van der Waals surface area contributed by atoms with Crippen LogP contribution in [0.25, 0.3) is 0 Å². The van der Waals surface area contributed by atoms with Crippen molar-refractivity contribution in [1.82, 2.24) is 0 Å². The number of hydrogen-bond acceptors (Lipinski definition) is 3. The van der Waals surface area contributed by atoms with Crippen molar-refractivity contribution in [3.63, 3.8) is 0 Å². The third-order valence-electron chi connectivity index (χ3n) is 2.54. The molecule has 0 saturated carbocycles. The number of anilines is 1. The van der Waals surface area contributed by atoms with Crippen LogP contribution >= 0.6 is 11.6 Å². The van der Waals surface area contributed by atoms with Gasteiger partial charge in [0.2, 0.25) is 0 Å². The first-order chi connectivity index (χ1) is 8.12. The first-order valence-electron chi connectivity index (χ1n) is 5.51. The minimum atomic E-state index is -0.0586. The molecule has 0 N–H and O–H groups in total. The molecule has 1 atom stereocenters. The molecule has 1 aromatic carbocycles. The van der Waals surface area contributed by atoms with Crippen molar-refractivity contribution in [2.24, 2.45) is 5.92 Å². The lowest BCUT2D eigenvalue weighted by Crippen LogP contribution is -2.28. The number of carbonyl (C=O) groups excluding carboxylic acids is 1. The van der Waals surface area contributed by atoms with Crippen molar-refractivity contribution < 1.29 is 4.79 Å². The van der Waals surface area contributed by atoms with E-state index in [-0.39, 0.29) is 5.92 Å². The van der Waals surface area contributed by atoms with Crippen LogP contribution in [0.2, 0.25) is 5.02 Å². The molecule has 0 heterocycles. The molecular weight excluding hydrogens is 236 g/mol. The molecule has 0 aliphatic heterocycles. The zero-order valence-electron chi connectivity index (χ0n) is 9.98. The van der Waals surface area contributed by atoms with Crippen LogP contribution in [0.4, 0.5) is 5.69 Å². The second-order valence-corrected chi connectivity index (χ2v) is 4.30. The minimum absolute atomic E-state index is 0.0586. The van der Waals surface area contributed by atoms with E-state index in [1.165, 1.54) is 0 Å². The van der Waals surface area contributed by atoms with Gasteiger partial charge in [0, 0.05) is 18.7 Å². The van der Waals surface area contributed by atoms with Gasteiger partial charge >= 0.3 is 0 Å². The quantitative estimate of drug-likeness (QED) is 0.754. The highest BCUT2D eigenvalue weighted by Gasteiger charge is 2.12. The molecule has 0 radical (unpaired) electrons. The number of carbonyl (C=O) groups is 1. The third kappa shape index (κ3) is 3.47. The molecule has 0 aliphatic rings. The Morgan fingerprint density at radius 1 is 1.59 bits per heavy atom. The highest BCUT2D eigenvalue weighted by Crippen LogP contribution is 2.27.